The van der Waals surface area contributed by atoms with Gasteiger partial charge in [0.15, 0.2) is 0 Å². The molecule has 1 saturated heterocycles. The van der Waals surface area contributed by atoms with Crippen LogP contribution in [0.15, 0.2) is 30.9 Å². The van der Waals surface area contributed by atoms with E-state index < -0.39 is 0 Å². The van der Waals surface area contributed by atoms with Crippen molar-refractivity contribution >= 4 is 0 Å². The second-order valence-corrected chi connectivity index (χ2v) is 5.88. The SMILES string of the molecule is Cc1cc(CN2CC(CO)OCC2C)ccc1-n1cncn1. The molecule has 1 aliphatic rings. The number of morpholine rings is 1. The fourth-order valence-electron chi connectivity index (χ4n) is 2.85. The lowest BCUT2D eigenvalue weighted by atomic mass is 10.1. The fraction of sp³-hybridized carbons (Fsp3) is 0.500. The molecule has 6 nitrogen and oxygen atoms in total. The molecule has 1 aliphatic heterocycles. The van der Waals surface area contributed by atoms with Gasteiger partial charge in [0.05, 0.1) is 25.0 Å². The zero-order valence-electron chi connectivity index (χ0n) is 13.0. The molecule has 6 heteroatoms. The lowest BCUT2D eigenvalue weighted by molar-refractivity contribution is -0.0805. The van der Waals surface area contributed by atoms with Crippen molar-refractivity contribution in [3.8, 4) is 5.69 Å². The summed E-state index contributed by atoms with van der Waals surface area (Å²) in [6, 6.07) is 6.75. The summed E-state index contributed by atoms with van der Waals surface area (Å²) < 4.78 is 7.36. The largest absolute Gasteiger partial charge is 0.394 e. The van der Waals surface area contributed by atoms with Crippen LogP contribution in [0.5, 0.6) is 0 Å². The van der Waals surface area contributed by atoms with Crippen molar-refractivity contribution in [2.45, 2.75) is 32.5 Å². The molecule has 0 radical (unpaired) electrons. The van der Waals surface area contributed by atoms with Gasteiger partial charge in [-0.3, -0.25) is 4.90 Å². The Balaban J connectivity index is 1.74. The third kappa shape index (κ3) is 3.19. The van der Waals surface area contributed by atoms with Crippen LogP contribution in [0.2, 0.25) is 0 Å². The van der Waals surface area contributed by atoms with Crippen LogP contribution in [0.25, 0.3) is 5.69 Å². The highest BCUT2D eigenvalue weighted by Gasteiger charge is 2.25. The fourth-order valence-corrected chi connectivity index (χ4v) is 2.85. The van der Waals surface area contributed by atoms with Crippen LogP contribution >= 0.6 is 0 Å². The minimum atomic E-state index is -0.0771. The number of aliphatic hydroxyl groups excluding tert-OH is 1. The first-order chi connectivity index (χ1) is 10.7. The van der Waals surface area contributed by atoms with E-state index in [2.05, 4.69) is 47.0 Å². The van der Waals surface area contributed by atoms with Crippen molar-refractivity contribution in [1.29, 1.82) is 0 Å². The van der Waals surface area contributed by atoms with Gasteiger partial charge in [0, 0.05) is 19.1 Å². The number of aromatic nitrogens is 3. The highest BCUT2D eigenvalue weighted by Crippen LogP contribution is 2.19. The smallest absolute Gasteiger partial charge is 0.138 e. The van der Waals surface area contributed by atoms with Gasteiger partial charge < -0.3 is 9.84 Å². The van der Waals surface area contributed by atoms with E-state index in [4.69, 9.17) is 4.74 Å². The van der Waals surface area contributed by atoms with Gasteiger partial charge in [0.25, 0.3) is 0 Å². The molecule has 2 atom stereocenters. The van der Waals surface area contributed by atoms with Gasteiger partial charge in [-0.1, -0.05) is 12.1 Å². The van der Waals surface area contributed by atoms with E-state index in [0.717, 1.165) is 18.8 Å². The standard InChI is InChI=1S/C16H22N4O2/c1-12-5-14(3-4-16(12)20-11-17-10-18-20)6-19-7-15(8-21)22-9-13(19)2/h3-5,10-11,13,15,21H,6-9H2,1-2H3. The first kappa shape index (κ1) is 15.1. The van der Waals surface area contributed by atoms with E-state index in [1.54, 1.807) is 11.0 Å². The van der Waals surface area contributed by atoms with Crippen molar-refractivity contribution in [3.63, 3.8) is 0 Å². The van der Waals surface area contributed by atoms with Crippen LogP contribution in [0.3, 0.4) is 0 Å². The predicted molar refractivity (Wildman–Crippen MR) is 82.8 cm³/mol. The van der Waals surface area contributed by atoms with Gasteiger partial charge in [0.2, 0.25) is 0 Å². The van der Waals surface area contributed by atoms with Gasteiger partial charge >= 0.3 is 0 Å². The van der Waals surface area contributed by atoms with Crippen molar-refractivity contribution in [1.82, 2.24) is 19.7 Å². The Kier molecular flexibility index (Phi) is 4.52. The number of nitrogens with zero attached hydrogens (tertiary/aromatic N) is 4. The Morgan fingerprint density at radius 1 is 1.41 bits per heavy atom. The molecule has 2 heterocycles. The van der Waals surface area contributed by atoms with Crippen molar-refractivity contribution in [3.05, 3.63) is 42.0 Å². The predicted octanol–water partition coefficient (Wildman–Crippen LogP) is 1.16. The van der Waals surface area contributed by atoms with Crippen LogP contribution in [0.1, 0.15) is 18.1 Å². The summed E-state index contributed by atoms with van der Waals surface area (Å²) >= 11 is 0. The van der Waals surface area contributed by atoms with Crippen molar-refractivity contribution in [2.75, 3.05) is 19.8 Å². The van der Waals surface area contributed by atoms with E-state index in [9.17, 15) is 5.11 Å². The number of benzene rings is 1. The van der Waals surface area contributed by atoms with Crippen LogP contribution < -0.4 is 0 Å². The average Bonchev–Trinajstić information content (AvgIpc) is 3.04. The molecular weight excluding hydrogens is 280 g/mol. The average molecular weight is 302 g/mol. The monoisotopic (exact) mass is 302 g/mol. The summed E-state index contributed by atoms with van der Waals surface area (Å²) in [6.45, 7) is 6.61. The zero-order valence-corrected chi connectivity index (χ0v) is 13.0. The Morgan fingerprint density at radius 3 is 2.95 bits per heavy atom. The molecule has 0 bridgehead atoms. The summed E-state index contributed by atoms with van der Waals surface area (Å²) in [5, 5.41) is 13.5. The van der Waals surface area contributed by atoms with Gasteiger partial charge in [-0.15, -0.1) is 0 Å². The van der Waals surface area contributed by atoms with E-state index in [1.165, 1.54) is 17.5 Å². The van der Waals surface area contributed by atoms with E-state index in [-0.39, 0.29) is 12.7 Å². The van der Waals surface area contributed by atoms with Gasteiger partial charge in [0.1, 0.15) is 12.7 Å². The molecule has 0 aliphatic carbocycles. The first-order valence-electron chi connectivity index (χ1n) is 7.58. The van der Waals surface area contributed by atoms with Crippen LogP contribution in [0.4, 0.5) is 0 Å². The molecule has 1 N–H and O–H groups in total. The Labute approximate surface area is 130 Å². The molecule has 2 aromatic rings. The number of aryl methyl sites for hydroxylation is 1. The molecule has 2 unspecified atom stereocenters. The molecule has 1 aromatic carbocycles. The first-order valence-corrected chi connectivity index (χ1v) is 7.58. The second-order valence-electron chi connectivity index (χ2n) is 5.88. The number of hydrogen-bond donors (Lipinski definition) is 1. The number of hydrogen-bond acceptors (Lipinski definition) is 5. The summed E-state index contributed by atoms with van der Waals surface area (Å²) in [5.74, 6) is 0. The number of aliphatic hydroxyl groups is 1. The van der Waals surface area contributed by atoms with Crippen molar-refractivity contribution in [2.24, 2.45) is 0 Å². The molecule has 3 rings (SSSR count). The van der Waals surface area contributed by atoms with Crippen LogP contribution in [-0.2, 0) is 11.3 Å². The van der Waals surface area contributed by atoms with Crippen LogP contribution in [0, 0.1) is 6.92 Å². The number of ether oxygens (including phenoxy) is 1. The summed E-state index contributed by atoms with van der Waals surface area (Å²) in [5.41, 5.74) is 3.47. The van der Waals surface area contributed by atoms with E-state index >= 15 is 0 Å². The Morgan fingerprint density at radius 2 is 2.27 bits per heavy atom. The molecule has 118 valence electrons. The zero-order chi connectivity index (χ0) is 15.5. The highest BCUT2D eigenvalue weighted by atomic mass is 16.5. The van der Waals surface area contributed by atoms with Gasteiger partial charge in [-0.25, -0.2) is 9.67 Å². The molecule has 22 heavy (non-hydrogen) atoms. The van der Waals surface area contributed by atoms with E-state index in [0.29, 0.717) is 12.6 Å². The van der Waals surface area contributed by atoms with Crippen LogP contribution in [-0.4, -0.2) is 56.7 Å². The lowest BCUT2D eigenvalue weighted by Crippen LogP contribution is -2.48. The number of rotatable bonds is 4. The topological polar surface area (TPSA) is 63.4 Å². The second kappa shape index (κ2) is 6.56. The summed E-state index contributed by atoms with van der Waals surface area (Å²) in [4.78, 5) is 6.34. The van der Waals surface area contributed by atoms with Gasteiger partial charge in [-0.05, 0) is 31.0 Å². The molecule has 0 saturated carbocycles. The maximum absolute atomic E-state index is 9.28. The normalized spacial score (nSPS) is 22.9. The molecule has 0 amide bonds. The minimum absolute atomic E-state index is 0.0769. The minimum Gasteiger partial charge on any atom is -0.394 e. The molecule has 1 aromatic heterocycles. The van der Waals surface area contributed by atoms with Crippen molar-refractivity contribution < 1.29 is 9.84 Å². The summed E-state index contributed by atoms with van der Waals surface area (Å²) in [7, 11) is 0. The van der Waals surface area contributed by atoms with E-state index in [1.807, 2.05) is 0 Å². The highest BCUT2D eigenvalue weighted by molar-refractivity contribution is 5.41. The maximum Gasteiger partial charge on any atom is 0.138 e. The Bertz CT molecular complexity index is 615. The summed E-state index contributed by atoms with van der Waals surface area (Å²) in [6.07, 6.45) is 3.17. The molecular formula is C16H22N4O2. The lowest BCUT2D eigenvalue weighted by Gasteiger charge is -2.37. The third-order valence-electron chi connectivity index (χ3n) is 4.15. The molecule has 1 fully saturated rings. The van der Waals surface area contributed by atoms with Gasteiger partial charge in [-0.2, -0.15) is 5.10 Å². The Hall–Kier alpha value is -1.76. The maximum atomic E-state index is 9.28. The molecule has 0 spiro atoms. The quantitative estimate of drug-likeness (QED) is 0.918. The third-order valence-corrected chi connectivity index (χ3v) is 4.15.